The van der Waals surface area contributed by atoms with E-state index in [4.69, 9.17) is 14.3 Å². The van der Waals surface area contributed by atoms with Crippen molar-refractivity contribution < 1.29 is 28.7 Å². The van der Waals surface area contributed by atoms with E-state index in [1.54, 1.807) is 0 Å². The molecule has 7 aliphatic rings. The molecule has 1 aromatic heterocycles. The predicted octanol–water partition coefficient (Wildman–Crippen LogP) is 10.0. The van der Waals surface area contributed by atoms with Crippen molar-refractivity contribution in [2.75, 3.05) is 32.7 Å². The fraction of sp³-hybridized carbons (Fsp3) is 0.754. The van der Waals surface area contributed by atoms with E-state index in [-0.39, 0.29) is 74.9 Å². The molecule has 378 valence electrons. The second-order valence-corrected chi connectivity index (χ2v) is 25.3. The summed E-state index contributed by atoms with van der Waals surface area (Å²) in [6.45, 7) is 32.7. The van der Waals surface area contributed by atoms with Gasteiger partial charge in [0, 0.05) is 57.0 Å². The van der Waals surface area contributed by atoms with E-state index < -0.39 is 5.54 Å². The van der Waals surface area contributed by atoms with E-state index in [1.165, 1.54) is 11.1 Å². The Hall–Kier alpha value is -4.15. The number of ketones is 1. The topological polar surface area (TPSA) is 144 Å². The van der Waals surface area contributed by atoms with Gasteiger partial charge in [0.1, 0.15) is 17.8 Å². The lowest BCUT2D eigenvalue weighted by Crippen LogP contribution is -2.68. The summed E-state index contributed by atoms with van der Waals surface area (Å²) in [7, 11) is 0. The van der Waals surface area contributed by atoms with Crippen molar-refractivity contribution in [1.82, 2.24) is 29.9 Å². The number of hydrogen-bond donors (Lipinski definition) is 1. The zero-order valence-corrected chi connectivity index (χ0v) is 44.2. The summed E-state index contributed by atoms with van der Waals surface area (Å²) in [6, 6.07) is 10.7. The van der Waals surface area contributed by atoms with Gasteiger partial charge >= 0.3 is 18.2 Å². The van der Waals surface area contributed by atoms with Crippen LogP contribution in [0.2, 0.25) is 0 Å². The lowest BCUT2D eigenvalue weighted by atomic mass is 9.33. The Kier molecular flexibility index (Phi) is 13.9. The molecule has 0 unspecified atom stereocenters. The average molecular weight is 949 g/mol. The number of ether oxygens (including phenoxy) is 1. The monoisotopic (exact) mass is 949 g/mol. The number of piperazine rings is 1. The molecule has 0 radical (unpaired) electrons. The maximum absolute atomic E-state index is 14.5. The molecule has 2 heterocycles. The second kappa shape index (κ2) is 18.8. The lowest BCUT2D eigenvalue weighted by Gasteiger charge is -2.72. The first-order chi connectivity index (χ1) is 32.5. The number of nitrogens with zero attached hydrogens (tertiary/aromatic N) is 5. The molecule has 69 heavy (non-hydrogen) atoms. The van der Waals surface area contributed by atoms with Gasteiger partial charge in [0.2, 0.25) is 0 Å². The fourth-order valence-electron chi connectivity index (χ4n) is 16.6. The van der Waals surface area contributed by atoms with Crippen LogP contribution in [0.4, 0.5) is 4.79 Å². The highest BCUT2D eigenvalue weighted by Gasteiger charge is 2.70. The number of allylic oxidation sites excluding steroid dienone is 1. The van der Waals surface area contributed by atoms with Crippen molar-refractivity contribution in [2.45, 2.75) is 178 Å². The molecule has 0 bridgehead atoms. The Bertz CT molecular complexity index is 2320. The minimum absolute atomic E-state index is 0.00193. The molecule has 1 aromatic carbocycles. The third kappa shape index (κ3) is 8.57. The van der Waals surface area contributed by atoms with Gasteiger partial charge in [-0.1, -0.05) is 106 Å². The summed E-state index contributed by atoms with van der Waals surface area (Å²) in [4.78, 5) is 63.6. The number of amides is 2. The quantitative estimate of drug-likeness (QED) is 0.230. The highest BCUT2D eigenvalue weighted by molar-refractivity contribution is 6.02. The minimum Gasteiger partial charge on any atom is -0.462 e. The largest absolute Gasteiger partial charge is 0.462 e. The summed E-state index contributed by atoms with van der Waals surface area (Å²) in [5, 5.41) is 12.4. The minimum atomic E-state index is -0.612. The Balaban J connectivity index is 0.00000209. The second-order valence-electron chi connectivity index (χ2n) is 25.3. The van der Waals surface area contributed by atoms with E-state index in [2.05, 4.69) is 131 Å². The summed E-state index contributed by atoms with van der Waals surface area (Å²) in [5.41, 5.74) is 3.04. The molecule has 5 saturated carbocycles. The number of urea groups is 1. The number of fused-ring (bicyclic) bond motifs is 7. The highest BCUT2D eigenvalue weighted by Crippen LogP contribution is 2.76. The lowest BCUT2D eigenvalue weighted by molar-refractivity contribution is -0.235. The van der Waals surface area contributed by atoms with Gasteiger partial charge in [0.05, 0.1) is 11.5 Å². The maximum Gasteiger partial charge on any atom is 0.373 e. The number of rotatable bonds is 10. The normalized spacial score (nSPS) is 35.7. The molecule has 1 saturated heterocycles. The number of aryl methyl sites for hydroxylation is 1. The van der Waals surface area contributed by atoms with Gasteiger partial charge in [-0.3, -0.25) is 14.5 Å². The zero-order chi connectivity index (χ0) is 50.1. The van der Waals surface area contributed by atoms with Crippen molar-refractivity contribution in [3.8, 4) is 0 Å². The Morgan fingerprint density at radius 1 is 0.797 bits per heavy atom. The molecule has 1 N–H and O–H groups in total. The van der Waals surface area contributed by atoms with Crippen LogP contribution in [0.1, 0.15) is 163 Å². The number of aromatic nitrogens is 3. The first-order valence-corrected chi connectivity index (χ1v) is 26.7. The van der Waals surface area contributed by atoms with Crippen molar-refractivity contribution in [1.29, 1.82) is 0 Å². The van der Waals surface area contributed by atoms with Crippen LogP contribution in [0.25, 0.3) is 0 Å². The van der Waals surface area contributed by atoms with Crippen molar-refractivity contribution in [2.24, 2.45) is 62.6 Å². The fourth-order valence-corrected chi connectivity index (χ4v) is 16.6. The SMILES string of the molecule is Cc1nnc(C(C)C)n1CCN1CCN(C(=O)N[C@@]23CC[C@]4(C)[C@H](CC[C@@H]5[C@@]6(C)CC[C@H](OC(=O)[C@H]7C[C@@H](Cc8ccccc8)C7(C)C)C(C)(C)[C@@H]6CC[C@]54C)C2=C(C(C)C)C(=O)C3)CC1.O=C=O. The van der Waals surface area contributed by atoms with Gasteiger partial charge in [-0.15, -0.1) is 10.2 Å². The van der Waals surface area contributed by atoms with Crippen LogP contribution in [-0.4, -0.2) is 92.9 Å². The number of carbonyl (C=O) groups is 3. The number of esters is 1. The van der Waals surface area contributed by atoms with Crippen LogP contribution < -0.4 is 5.32 Å². The van der Waals surface area contributed by atoms with Crippen molar-refractivity contribution in [3.05, 3.63) is 58.7 Å². The molecule has 6 aliphatic carbocycles. The highest BCUT2D eigenvalue weighted by atomic mass is 16.5. The van der Waals surface area contributed by atoms with Crippen LogP contribution in [-0.2, 0) is 36.9 Å². The molecule has 9 rings (SSSR count). The molecule has 12 nitrogen and oxygen atoms in total. The van der Waals surface area contributed by atoms with Gasteiger partial charge in [-0.2, -0.15) is 9.59 Å². The van der Waals surface area contributed by atoms with Crippen LogP contribution in [0, 0.1) is 69.5 Å². The van der Waals surface area contributed by atoms with Crippen LogP contribution in [0.5, 0.6) is 0 Å². The van der Waals surface area contributed by atoms with E-state index in [1.807, 2.05) is 11.8 Å². The predicted molar refractivity (Wildman–Crippen MR) is 266 cm³/mol. The van der Waals surface area contributed by atoms with Gasteiger partial charge in [0.15, 0.2) is 5.78 Å². The molecular formula is C57H84N6O6. The molecule has 2 aromatic rings. The Morgan fingerprint density at radius 2 is 1.48 bits per heavy atom. The smallest absolute Gasteiger partial charge is 0.373 e. The third-order valence-electron chi connectivity index (χ3n) is 20.8. The van der Waals surface area contributed by atoms with Crippen molar-refractivity contribution in [3.63, 3.8) is 0 Å². The van der Waals surface area contributed by atoms with Crippen LogP contribution >= 0.6 is 0 Å². The standard InChI is InChI=1S/C56H84N6O4.CO2/c1-35(2)46-42(63)34-56(57-50(65)61-29-26-60(27-30-61)28-31-62-37(5)58-59-48(62)36(3)4)25-24-54(11)40(47(46)56)18-19-44-53(10)22-21-45(52(8,9)43(53)20-23-55(44,54)12)66-49(64)41-33-39(51(41,6)7)32-38-16-14-13-15-17-38;2-1-3/h13-17,35-36,39-41,43-45H,18-34H2,1-12H3,(H,57,65);/t39-,40-,41-,43+,44-,45+,53+,54-,55-,56-;/m1./s1. The first-order valence-electron chi connectivity index (χ1n) is 26.7. The van der Waals surface area contributed by atoms with E-state index in [0.29, 0.717) is 43.2 Å². The van der Waals surface area contributed by atoms with Crippen LogP contribution in [0.15, 0.2) is 41.5 Å². The van der Waals surface area contributed by atoms with Crippen molar-refractivity contribution >= 4 is 23.9 Å². The van der Waals surface area contributed by atoms with Gasteiger partial charge in [0.25, 0.3) is 0 Å². The number of Topliss-reactive ketones (excluding diaryl/α,β-unsaturated/α-hetero) is 1. The molecule has 10 atom stereocenters. The number of benzene rings is 1. The van der Waals surface area contributed by atoms with Crippen LogP contribution in [0.3, 0.4) is 0 Å². The number of carbonyl (C=O) groups excluding carboxylic acids is 5. The molecule has 6 fully saturated rings. The molecule has 12 heteroatoms. The molecule has 0 spiro atoms. The van der Waals surface area contributed by atoms with Gasteiger partial charge in [-0.05, 0) is 139 Å². The number of hydrogen-bond acceptors (Lipinski definition) is 9. The summed E-state index contributed by atoms with van der Waals surface area (Å²) >= 11 is 0. The Morgan fingerprint density at radius 3 is 2.12 bits per heavy atom. The summed E-state index contributed by atoms with van der Waals surface area (Å²) in [5.74, 6) is 4.36. The summed E-state index contributed by atoms with van der Waals surface area (Å²) in [6.07, 6.45) is 10.8. The molecule has 2 amide bonds. The average Bonchev–Trinajstić information content (AvgIpc) is 3.81. The number of nitrogens with one attached hydrogen (secondary N) is 1. The van der Waals surface area contributed by atoms with E-state index >= 15 is 0 Å². The maximum atomic E-state index is 14.5. The van der Waals surface area contributed by atoms with E-state index in [0.717, 1.165) is 108 Å². The first kappa shape index (κ1) is 51.2. The van der Waals surface area contributed by atoms with E-state index in [9.17, 15) is 14.4 Å². The molecular weight excluding hydrogens is 865 g/mol. The van der Waals surface area contributed by atoms with Gasteiger partial charge < -0.3 is 19.5 Å². The summed E-state index contributed by atoms with van der Waals surface area (Å²) < 4.78 is 8.94. The zero-order valence-electron chi connectivity index (χ0n) is 44.2. The third-order valence-corrected chi connectivity index (χ3v) is 20.8. The Labute approximate surface area is 412 Å². The van der Waals surface area contributed by atoms with Gasteiger partial charge in [-0.25, -0.2) is 4.79 Å². The molecule has 1 aliphatic heterocycles.